The summed E-state index contributed by atoms with van der Waals surface area (Å²) in [5.74, 6) is 1.59. The molecule has 1 aliphatic rings. The van der Waals surface area contributed by atoms with Gasteiger partial charge in [0.15, 0.2) is 0 Å². The minimum atomic E-state index is 0.791. The van der Waals surface area contributed by atoms with Crippen molar-refractivity contribution in [3.8, 4) is 0 Å². The highest BCUT2D eigenvalue weighted by atomic mass is 15.3. The second-order valence-corrected chi connectivity index (χ2v) is 4.30. The van der Waals surface area contributed by atoms with Gasteiger partial charge in [-0.1, -0.05) is 25.7 Å². The van der Waals surface area contributed by atoms with Gasteiger partial charge >= 0.3 is 0 Å². The van der Waals surface area contributed by atoms with Crippen LogP contribution in [0.1, 0.15) is 38.5 Å². The lowest BCUT2D eigenvalue weighted by Crippen LogP contribution is -2.13. The molecular weight excluding hydrogens is 174 g/mol. The van der Waals surface area contributed by atoms with Crippen molar-refractivity contribution in [1.82, 2.24) is 9.78 Å². The molecule has 0 spiro atoms. The van der Waals surface area contributed by atoms with Crippen molar-refractivity contribution in [2.75, 3.05) is 5.73 Å². The first-order chi connectivity index (χ1) is 6.86. The zero-order chi connectivity index (χ0) is 9.80. The number of hydrogen-bond donors (Lipinski definition) is 1. The summed E-state index contributed by atoms with van der Waals surface area (Å²) in [7, 11) is 0. The average molecular weight is 193 g/mol. The highest BCUT2D eigenvalue weighted by molar-refractivity contribution is 5.25. The molecule has 0 bridgehead atoms. The molecule has 3 heteroatoms. The summed E-state index contributed by atoms with van der Waals surface area (Å²) < 4.78 is 1.94. The van der Waals surface area contributed by atoms with Crippen LogP contribution in [0.15, 0.2) is 12.3 Å². The van der Waals surface area contributed by atoms with E-state index in [1.807, 2.05) is 10.7 Å². The molecule has 1 aromatic heterocycles. The minimum Gasteiger partial charge on any atom is -0.384 e. The maximum atomic E-state index is 5.80. The van der Waals surface area contributed by atoms with E-state index in [1.54, 1.807) is 6.20 Å². The van der Waals surface area contributed by atoms with Crippen molar-refractivity contribution in [1.29, 1.82) is 0 Å². The van der Waals surface area contributed by atoms with Gasteiger partial charge in [-0.05, 0) is 24.8 Å². The summed E-state index contributed by atoms with van der Waals surface area (Å²) in [6, 6.07) is 1.87. The molecule has 1 saturated carbocycles. The Labute approximate surface area is 85.3 Å². The number of nitrogen functional groups attached to an aromatic ring is 1. The maximum absolute atomic E-state index is 5.80. The third kappa shape index (κ3) is 2.28. The first-order valence-corrected chi connectivity index (χ1v) is 5.63. The molecule has 1 fully saturated rings. The van der Waals surface area contributed by atoms with E-state index in [1.165, 1.54) is 38.5 Å². The molecule has 2 rings (SSSR count). The normalized spacial score (nSPS) is 19.4. The van der Waals surface area contributed by atoms with Crippen LogP contribution >= 0.6 is 0 Å². The van der Waals surface area contributed by atoms with Crippen molar-refractivity contribution >= 4 is 5.82 Å². The lowest BCUT2D eigenvalue weighted by Gasteiger charge is -2.14. The summed E-state index contributed by atoms with van der Waals surface area (Å²) >= 11 is 0. The summed E-state index contributed by atoms with van der Waals surface area (Å²) in [5, 5.41) is 4.23. The van der Waals surface area contributed by atoms with E-state index in [0.717, 1.165) is 18.3 Å². The van der Waals surface area contributed by atoms with Crippen LogP contribution in [-0.2, 0) is 6.54 Å². The summed E-state index contributed by atoms with van der Waals surface area (Å²) in [4.78, 5) is 0. The molecule has 1 aliphatic carbocycles. The van der Waals surface area contributed by atoms with Crippen molar-refractivity contribution in [2.24, 2.45) is 5.92 Å². The smallest absolute Gasteiger partial charge is 0.121 e. The van der Waals surface area contributed by atoms with Crippen LogP contribution in [0.2, 0.25) is 0 Å². The Morgan fingerprint density at radius 3 is 2.57 bits per heavy atom. The van der Waals surface area contributed by atoms with Crippen LogP contribution in [0, 0.1) is 5.92 Å². The second kappa shape index (κ2) is 4.49. The van der Waals surface area contributed by atoms with Gasteiger partial charge in [-0.3, -0.25) is 0 Å². The molecule has 14 heavy (non-hydrogen) atoms. The molecule has 0 aromatic carbocycles. The van der Waals surface area contributed by atoms with E-state index in [2.05, 4.69) is 5.10 Å². The van der Waals surface area contributed by atoms with Crippen molar-refractivity contribution in [2.45, 2.75) is 45.1 Å². The first-order valence-electron chi connectivity index (χ1n) is 5.63. The highest BCUT2D eigenvalue weighted by Crippen LogP contribution is 2.24. The van der Waals surface area contributed by atoms with E-state index in [9.17, 15) is 0 Å². The quantitative estimate of drug-likeness (QED) is 0.733. The molecule has 0 saturated heterocycles. The third-order valence-corrected chi connectivity index (χ3v) is 3.16. The average Bonchev–Trinajstić information content (AvgIpc) is 2.44. The molecule has 2 N–H and O–H groups in total. The van der Waals surface area contributed by atoms with Crippen LogP contribution < -0.4 is 5.73 Å². The van der Waals surface area contributed by atoms with E-state index in [4.69, 9.17) is 5.73 Å². The zero-order valence-corrected chi connectivity index (χ0v) is 8.65. The number of rotatable bonds is 2. The molecule has 0 radical (unpaired) electrons. The minimum absolute atomic E-state index is 0.791. The first kappa shape index (κ1) is 9.56. The Hall–Kier alpha value is -0.990. The molecule has 3 nitrogen and oxygen atoms in total. The lowest BCUT2D eigenvalue weighted by molar-refractivity contribution is 0.379. The van der Waals surface area contributed by atoms with Gasteiger partial charge in [-0.25, -0.2) is 4.68 Å². The topological polar surface area (TPSA) is 43.8 Å². The van der Waals surface area contributed by atoms with E-state index in [-0.39, 0.29) is 0 Å². The fourth-order valence-electron chi connectivity index (χ4n) is 2.29. The molecule has 0 atom stereocenters. The predicted octanol–water partition coefficient (Wildman–Crippen LogP) is 2.44. The van der Waals surface area contributed by atoms with Gasteiger partial charge in [0.2, 0.25) is 0 Å². The number of aromatic nitrogens is 2. The highest BCUT2D eigenvalue weighted by Gasteiger charge is 2.13. The summed E-state index contributed by atoms with van der Waals surface area (Å²) in [6.07, 6.45) is 10.1. The Kier molecular flexibility index (Phi) is 3.07. The van der Waals surface area contributed by atoms with Gasteiger partial charge in [0, 0.05) is 6.54 Å². The van der Waals surface area contributed by atoms with Crippen LogP contribution in [-0.4, -0.2) is 9.78 Å². The number of hydrogen-bond acceptors (Lipinski definition) is 2. The Morgan fingerprint density at radius 2 is 2.00 bits per heavy atom. The molecule has 0 amide bonds. The second-order valence-electron chi connectivity index (χ2n) is 4.30. The standard InChI is InChI=1S/C11H19N3/c12-11-7-8-13-14(11)9-10-5-3-1-2-4-6-10/h7-8,10H,1-6,9,12H2. The summed E-state index contributed by atoms with van der Waals surface area (Å²) in [5.41, 5.74) is 5.80. The van der Waals surface area contributed by atoms with Gasteiger partial charge in [0.05, 0.1) is 6.20 Å². The zero-order valence-electron chi connectivity index (χ0n) is 8.65. The fraction of sp³-hybridized carbons (Fsp3) is 0.727. The largest absolute Gasteiger partial charge is 0.384 e. The van der Waals surface area contributed by atoms with E-state index >= 15 is 0 Å². The van der Waals surface area contributed by atoms with Crippen LogP contribution in [0.3, 0.4) is 0 Å². The number of nitrogens with zero attached hydrogens (tertiary/aromatic N) is 2. The van der Waals surface area contributed by atoms with Gasteiger partial charge in [0.25, 0.3) is 0 Å². The van der Waals surface area contributed by atoms with E-state index < -0.39 is 0 Å². The van der Waals surface area contributed by atoms with Crippen LogP contribution in [0.5, 0.6) is 0 Å². The Morgan fingerprint density at radius 1 is 1.29 bits per heavy atom. The number of nitrogens with two attached hydrogens (primary N) is 1. The molecule has 1 heterocycles. The molecule has 0 aliphatic heterocycles. The third-order valence-electron chi connectivity index (χ3n) is 3.16. The van der Waals surface area contributed by atoms with Crippen LogP contribution in [0.25, 0.3) is 0 Å². The molecule has 78 valence electrons. The van der Waals surface area contributed by atoms with Crippen molar-refractivity contribution < 1.29 is 0 Å². The van der Waals surface area contributed by atoms with Gasteiger partial charge in [-0.2, -0.15) is 5.10 Å². The Balaban J connectivity index is 1.92. The van der Waals surface area contributed by atoms with Gasteiger partial charge < -0.3 is 5.73 Å². The molecular formula is C11H19N3. The monoisotopic (exact) mass is 193 g/mol. The summed E-state index contributed by atoms with van der Waals surface area (Å²) in [6.45, 7) is 1.01. The molecule has 0 unspecified atom stereocenters. The van der Waals surface area contributed by atoms with Gasteiger partial charge in [0.1, 0.15) is 5.82 Å². The lowest BCUT2D eigenvalue weighted by atomic mass is 10.0. The molecule has 1 aromatic rings. The van der Waals surface area contributed by atoms with Gasteiger partial charge in [-0.15, -0.1) is 0 Å². The van der Waals surface area contributed by atoms with Crippen molar-refractivity contribution in [3.05, 3.63) is 12.3 Å². The van der Waals surface area contributed by atoms with Crippen molar-refractivity contribution in [3.63, 3.8) is 0 Å². The number of anilines is 1. The maximum Gasteiger partial charge on any atom is 0.121 e. The SMILES string of the molecule is Nc1ccnn1CC1CCCCCC1. The van der Waals surface area contributed by atoms with Crippen LogP contribution in [0.4, 0.5) is 5.82 Å². The fourth-order valence-corrected chi connectivity index (χ4v) is 2.29. The predicted molar refractivity (Wildman–Crippen MR) is 57.8 cm³/mol. The Bertz CT molecular complexity index is 272. The van der Waals surface area contributed by atoms with E-state index in [0.29, 0.717) is 0 Å².